The molecule has 0 spiro atoms. The molecule has 9 heteroatoms. The van der Waals surface area contributed by atoms with Crippen molar-refractivity contribution >= 4 is 28.1 Å². The molecule has 1 N–H and O–H groups in total. The molecule has 0 saturated carbocycles. The van der Waals surface area contributed by atoms with Gasteiger partial charge in [-0.25, -0.2) is 4.68 Å². The van der Waals surface area contributed by atoms with Crippen molar-refractivity contribution in [3.63, 3.8) is 0 Å². The lowest BCUT2D eigenvalue weighted by Crippen LogP contribution is -2.29. The fourth-order valence-corrected chi connectivity index (χ4v) is 3.96. The molecule has 2 aromatic heterocycles. The van der Waals surface area contributed by atoms with Crippen molar-refractivity contribution in [2.75, 3.05) is 23.3 Å². The average Bonchev–Trinajstić information content (AvgIpc) is 3.15. The lowest BCUT2D eigenvalue weighted by atomic mass is 10.1. The fourth-order valence-electron chi connectivity index (χ4n) is 3.35. The minimum absolute atomic E-state index is 0.183. The van der Waals surface area contributed by atoms with Crippen molar-refractivity contribution in [1.82, 2.24) is 20.0 Å². The molecule has 1 saturated heterocycles. The zero-order chi connectivity index (χ0) is 20.2. The van der Waals surface area contributed by atoms with Crippen molar-refractivity contribution in [3.05, 3.63) is 51.8 Å². The van der Waals surface area contributed by atoms with Crippen LogP contribution in [0.15, 0.2) is 41.2 Å². The van der Waals surface area contributed by atoms with Gasteiger partial charge in [0.1, 0.15) is 11.6 Å². The Morgan fingerprint density at radius 2 is 1.83 bits per heavy atom. The first-order chi connectivity index (χ1) is 14.1. The van der Waals surface area contributed by atoms with Crippen molar-refractivity contribution < 1.29 is 4.79 Å². The second-order valence-electron chi connectivity index (χ2n) is 6.98. The summed E-state index contributed by atoms with van der Waals surface area (Å²) in [5, 5.41) is 15.9. The van der Waals surface area contributed by atoms with Crippen molar-refractivity contribution in [1.29, 1.82) is 0 Å². The van der Waals surface area contributed by atoms with E-state index in [1.807, 2.05) is 12.1 Å². The molecule has 0 bridgehead atoms. The second kappa shape index (κ2) is 8.52. The average molecular weight is 411 g/mol. The van der Waals surface area contributed by atoms with Gasteiger partial charge in [-0.2, -0.15) is 5.10 Å². The Hall–Kier alpha value is -3.07. The molecule has 29 heavy (non-hydrogen) atoms. The second-order valence-corrected chi connectivity index (χ2v) is 8.17. The van der Waals surface area contributed by atoms with Crippen LogP contribution in [0, 0.1) is 6.92 Å². The molecule has 1 aliphatic heterocycles. The number of amides is 1. The van der Waals surface area contributed by atoms with Gasteiger partial charge < -0.3 is 4.90 Å². The van der Waals surface area contributed by atoms with Crippen LogP contribution in [0.1, 0.15) is 24.3 Å². The molecular weight excluding hydrogens is 388 g/mol. The number of rotatable bonds is 5. The Morgan fingerprint density at radius 1 is 1.07 bits per heavy atom. The van der Waals surface area contributed by atoms with Gasteiger partial charge in [-0.3, -0.25) is 14.9 Å². The first-order valence-corrected chi connectivity index (χ1v) is 10.4. The van der Waals surface area contributed by atoms with E-state index in [-0.39, 0.29) is 18.0 Å². The Bertz CT molecular complexity index is 1050. The van der Waals surface area contributed by atoms with Crippen LogP contribution in [0.5, 0.6) is 0 Å². The third-order valence-electron chi connectivity index (χ3n) is 4.82. The summed E-state index contributed by atoms with van der Waals surface area (Å²) in [6.07, 6.45) is 3.76. The highest BCUT2D eigenvalue weighted by Crippen LogP contribution is 2.23. The first kappa shape index (κ1) is 19.3. The summed E-state index contributed by atoms with van der Waals surface area (Å²) < 4.78 is 1.16. The first-order valence-electron chi connectivity index (χ1n) is 9.62. The lowest BCUT2D eigenvalue weighted by molar-refractivity contribution is -0.117. The fraction of sp³-hybridized carbons (Fsp3) is 0.350. The summed E-state index contributed by atoms with van der Waals surface area (Å²) in [4.78, 5) is 26.8. The maximum atomic E-state index is 12.2. The number of hydrogen-bond acceptors (Lipinski definition) is 7. The number of nitrogens with zero attached hydrogens (tertiary/aromatic N) is 5. The van der Waals surface area contributed by atoms with Crippen LogP contribution in [-0.4, -0.2) is 39.0 Å². The van der Waals surface area contributed by atoms with Crippen molar-refractivity contribution in [2.24, 2.45) is 0 Å². The van der Waals surface area contributed by atoms with E-state index < -0.39 is 0 Å². The highest BCUT2D eigenvalue weighted by Gasteiger charge is 2.13. The minimum Gasteiger partial charge on any atom is -0.372 e. The minimum atomic E-state index is -0.367. The number of carbonyl (C=O) groups is 1. The molecule has 3 aromatic rings. The molecule has 4 rings (SSSR count). The predicted octanol–water partition coefficient (Wildman–Crippen LogP) is 2.70. The Balaban J connectivity index is 1.48. The van der Waals surface area contributed by atoms with Gasteiger partial charge in [0.2, 0.25) is 11.0 Å². The number of hydrogen-bond donors (Lipinski definition) is 1. The highest BCUT2D eigenvalue weighted by molar-refractivity contribution is 7.15. The third-order valence-corrected chi connectivity index (χ3v) is 5.57. The maximum absolute atomic E-state index is 12.2. The molecule has 0 atom stereocenters. The molecule has 150 valence electrons. The summed E-state index contributed by atoms with van der Waals surface area (Å²) in [6.45, 7) is 3.80. The van der Waals surface area contributed by atoms with Gasteiger partial charge in [-0.1, -0.05) is 23.5 Å². The Labute approximate surface area is 172 Å². The summed E-state index contributed by atoms with van der Waals surface area (Å²) in [5.41, 5.74) is 2.42. The van der Waals surface area contributed by atoms with E-state index in [4.69, 9.17) is 0 Å². The van der Waals surface area contributed by atoms with Gasteiger partial charge in [0, 0.05) is 30.4 Å². The molecular formula is C20H22N6O2S. The van der Waals surface area contributed by atoms with E-state index in [2.05, 4.69) is 37.6 Å². The number of aromatic nitrogens is 4. The zero-order valence-corrected chi connectivity index (χ0v) is 17.0. The van der Waals surface area contributed by atoms with Gasteiger partial charge in [0.05, 0.1) is 5.69 Å². The van der Waals surface area contributed by atoms with Crippen LogP contribution in [-0.2, 0) is 11.3 Å². The molecule has 0 aliphatic carbocycles. The van der Waals surface area contributed by atoms with E-state index >= 15 is 0 Å². The smallest absolute Gasteiger partial charge is 0.267 e. The molecule has 8 nitrogen and oxygen atoms in total. The van der Waals surface area contributed by atoms with Gasteiger partial charge in [-0.15, -0.1) is 10.2 Å². The predicted molar refractivity (Wildman–Crippen MR) is 113 cm³/mol. The molecule has 1 amide bonds. The quantitative estimate of drug-likeness (QED) is 0.695. The number of aryl methyl sites for hydroxylation is 1. The van der Waals surface area contributed by atoms with Gasteiger partial charge in [0.15, 0.2) is 0 Å². The van der Waals surface area contributed by atoms with Crippen molar-refractivity contribution in [3.8, 4) is 11.3 Å². The molecule has 1 aromatic carbocycles. The lowest BCUT2D eigenvalue weighted by Gasteiger charge is -2.28. The monoisotopic (exact) mass is 410 g/mol. The number of carbonyl (C=O) groups excluding carboxylic acids is 1. The number of nitrogens with one attached hydrogen (secondary N) is 1. The molecule has 0 unspecified atom stereocenters. The van der Waals surface area contributed by atoms with Gasteiger partial charge in [-0.05, 0) is 44.4 Å². The van der Waals surface area contributed by atoms with Crippen LogP contribution in [0.25, 0.3) is 11.3 Å². The normalized spacial score (nSPS) is 14.0. The van der Waals surface area contributed by atoms with E-state index in [9.17, 15) is 9.59 Å². The largest absolute Gasteiger partial charge is 0.372 e. The summed E-state index contributed by atoms with van der Waals surface area (Å²) in [6, 6.07) is 11.3. The molecule has 1 aliphatic rings. The third kappa shape index (κ3) is 4.68. The van der Waals surface area contributed by atoms with E-state index in [1.165, 1.54) is 42.4 Å². The summed E-state index contributed by atoms with van der Waals surface area (Å²) >= 11 is 1.28. The van der Waals surface area contributed by atoms with Crippen LogP contribution in [0.3, 0.4) is 0 Å². The van der Waals surface area contributed by atoms with E-state index in [0.717, 1.165) is 28.3 Å². The van der Waals surface area contributed by atoms with Crippen LogP contribution < -0.4 is 15.8 Å². The highest BCUT2D eigenvalue weighted by atomic mass is 32.1. The number of piperidine rings is 1. The Kier molecular flexibility index (Phi) is 5.66. The topological polar surface area (TPSA) is 93.0 Å². The SMILES string of the molecule is Cc1nnc(NC(=O)Cn2nc(-c3ccc(N4CCCCC4)cc3)ccc2=O)s1. The van der Waals surface area contributed by atoms with Crippen LogP contribution in [0.2, 0.25) is 0 Å². The van der Waals surface area contributed by atoms with Gasteiger partial charge in [0.25, 0.3) is 5.56 Å². The van der Waals surface area contributed by atoms with E-state index in [0.29, 0.717) is 10.8 Å². The van der Waals surface area contributed by atoms with Gasteiger partial charge >= 0.3 is 0 Å². The Morgan fingerprint density at radius 3 is 2.52 bits per heavy atom. The standard InChI is InChI=1S/C20H22N6O2S/c1-14-22-23-20(29-14)21-18(27)13-26-19(28)10-9-17(24-26)15-5-7-16(8-6-15)25-11-3-2-4-12-25/h5-10H,2-4,11-13H2,1H3,(H,21,23,27). The zero-order valence-electron chi connectivity index (χ0n) is 16.2. The summed E-state index contributed by atoms with van der Waals surface area (Å²) in [5.74, 6) is -0.367. The van der Waals surface area contributed by atoms with E-state index in [1.54, 1.807) is 13.0 Å². The van der Waals surface area contributed by atoms with Crippen LogP contribution >= 0.6 is 11.3 Å². The number of benzene rings is 1. The van der Waals surface area contributed by atoms with Crippen LogP contribution in [0.4, 0.5) is 10.8 Å². The van der Waals surface area contributed by atoms with Crippen molar-refractivity contribution in [2.45, 2.75) is 32.7 Å². The molecule has 3 heterocycles. The number of anilines is 2. The summed E-state index contributed by atoms with van der Waals surface area (Å²) in [7, 11) is 0. The molecule has 1 fully saturated rings. The molecule has 0 radical (unpaired) electrons. The maximum Gasteiger partial charge on any atom is 0.267 e.